The third kappa shape index (κ3) is 2.99. The third-order valence-electron chi connectivity index (χ3n) is 4.28. The van der Waals surface area contributed by atoms with Crippen LogP contribution in [0.3, 0.4) is 0 Å². The van der Waals surface area contributed by atoms with Gasteiger partial charge in [-0.25, -0.2) is 13.1 Å². The van der Waals surface area contributed by atoms with E-state index in [4.69, 9.17) is 5.73 Å². The highest BCUT2D eigenvalue weighted by Gasteiger charge is 2.36. The molecule has 0 radical (unpaired) electrons. The second-order valence-corrected chi connectivity index (χ2v) is 7.08. The second-order valence-electron chi connectivity index (χ2n) is 5.34. The Morgan fingerprint density at radius 2 is 2.00 bits per heavy atom. The van der Waals surface area contributed by atoms with Crippen molar-refractivity contribution < 1.29 is 8.42 Å². The van der Waals surface area contributed by atoms with Crippen LogP contribution < -0.4 is 10.5 Å². The first-order chi connectivity index (χ1) is 9.03. The van der Waals surface area contributed by atoms with Gasteiger partial charge in [-0.2, -0.15) is 0 Å². The molecule has 1 aliphatic carbocycles. The lowest BCUT2D eigenvalue weighted by Gasteiger charge is -2.41. The van der Waals surface area contributed by atoms with E-state index in [1.54, 1.807) is 24.3 Å². The summed E-state index contributed by atoms with van der Waals surface area (Å²) in [6.07, 6.45) is 4.46. The molecule has 0 unspecified atom stereocenters. The van der Waals surface area contributed by atoms with Crippen molar-refractivity contribution in [2.45, 2.75) is 44.0 Å². The summed E-state index contributed by atoms with van der Waals surface area (Å²) in [5.41, 5.74) is 6.43. The van der Waals surface area contributed by atoms with Crippen LogP contribution in [-0.4, -0.2) is 15.0 Å². The Kier molecular flexibility index (Phi) is 4.28. The van der Waals surface area contributed by atoms with Crippen LogP contribution in [0.2, 0.25) is 0 Å². The van der Waals surface area contributed by atoms with Crippen molar-refractivity contribution in [1.82, 2.24) is 4.72 Å². The van der Waals surface area contributed by atoms with E-state index in [1.807, 2.05) is 0 Å². The second kappa shape index (κ2) is 5.61. The van der Waals surface area contributed by atoms with Crippen LogP contribution in [0.4, 0.5) is 0 Å². The minimum atomic E-state index is -3.45. The van der Waals surface area contributed by atoms with Gasteiger partial charge in [0.2, 0.25) is 10.0 Å². The monoisotopic (exact) mass is 282 g/mol. The smallest absolute Gasteiger partial charge is 0.240 e. The summed E-state index contributed by atoms with van der Waals surface area (Å²) in [4.78, 5) is 0.308. The van der Waals surface area contributed by atoms with Crippen molar-refractivity contribution in [3.63, 3.8) is 0 Å². The molecule has 1 fully saturated rings. The van der Waals surface area contributed by atoms with Crippen LogP contribution in [0.1, 0.15) is 38.2 Å². The molecule has 0 saturated heterocycles. The van der Waals surface area contributed by atoms with E-state index in [9.17, 15) is 8.42 Å². The summed E-state index contributed by atoms with van der Waals surface area (Å²) in [5.74, 6) is 0. The summed E-state index contributed by atoms with van der Waals surface area (Å²) < 4.78 is 27.5. The van der Waals surface area contributed by atoms with Crippen LogP contribution in [0.25, 0.3) is 0 Å². The van der Waals surface area contributed by atoms with Crippen LogP contribution in [0.15, 0.2) is 29.2 Å². The molecular weight excluding hydrogens is 260 g/mol. The molecule has 19 heavy (non-hydrogen) atoms. The number of hydrogen-bond donors (Lipinski definition) is 2. The first-order valence-electron chi connectivity index (χ1n) is 6.81. The minimum absolute atomic E-state index is 0.171. The predicted octanol–water partition coefficient (Wildman–Crippen LogP) is 2.00. The molecule has 2 rings (SSSR count). The summed E-state index contributed by atoms with van der Waals surface area (Å²) in [5, 5.41) is 0. The Balaban J connectivity index is 2.14. The lowest BCUT2D eigenvalue weighted by atomic mass is 9.67. The summed E-state index contributed by atoms with van der Waals surface area (Å²) in [7, 11) is -3.45. The van der Waals surface area contributed by atoms with Crippen molar-refractivity contribution in [1.29, 1.82) is 0 Å². The Morgan fingerprint density at radius 1 is 1.32 bits per heavy atom. The molecule has 0 amide bonds. The Labute approximate surface area is 115 Å². The number of rotatable bonds is 6. The quantitative estimate of drug-likeness (QED) is 0.838. The van der Waals surface area contributed by atoms with E-state index in [-0.39, 0.29) is 12.0 Å². The fourth-order valence-electron chi connectivity index (χ4n) is 2.59. The zero-order valence-electron chi connectivity index (χ0n) is 11.4. The van der Waals surface area contributed by atoms with E-state index in [0.717, 1.165) is 19.3 Å². The maximum absolute atomic E-state index is 12.3. The van der Waals surface area contributed by atoms with Crippen molar-refractivity contribution in [3.05, 3.63) is 29.8 Å². The highest BCUT2D eigenvalue weighted by Crippen LogP contribution is 2.43. The molecule has 0 aromatic heterocycles. The average Bonchev–Trinajstić information content (AvgIpc) is 2.38. The topological polar surface area (TPSA) is 72.2 Å². The molecule has 5 heteroatoms. The maximum Gasteiger partial charge on any atom is 0.240 e. The minimum Gasteiger partial charge on any atom is -0.326 e. The van der Waals surface area contributed by atoms with Crippen LogP contribution in [0, 0.1) is 5.41 Å². The van der Waals surface area contributed by atoms with Crippen LogP contribution >= 0.6 is 0 Å². The highest BCUT2D eigenvalue weighted by molar-refractivity contribution is 7.89. The molecule has 0 spiro atoms. The lowest BCUT2D eigenvalue weighted by molar-refractivity contribution is 0.133. The first kappa shape index (κ1) is 14.5. The van der Waals surface area contributed by atoms with E-state index in [0.29, 0.717) is 17.0 Å². The van der Waals surface area contributed by atoms with Gasteiger partial charge in [0, 0.05) is 13.1 Å². The van der Waals surface area contributed by atoms with Gasteiger partial charge in [0.25, 0.3) is 0 Å². The molecule has 1 aliphatic rings. The number of nitrogens with one attached hydrogen (secondary N) is 1. The van der Waals surface area contributed by atoms with Crippen LogP contribution in [-0.2, 0) is 16.6 Å². The molecule has 0 heterocycles. The lowest BCUT2D eigenvalue weighted by Crippen LogP contribution is -2.41. The van der Waals surface area contributed by atoms with E-state index < -0.39 is 10.0 Å². The molecule has 1 aromatic carbocycles. The molecular formula is C14H22N2O2S. The molecule has 3 N–H and O–H groups in total. The summed E-state index contributed by atoms with van der Waals surface area (Å²) >= 11 is 0. The molecule has 0 bridgehead atoms. The average molecular weight is 282 g/mol. The SMILES string of the molecule is CCC1(CNS(=O)(=O)c2ccccc2CN)CCC1. The van der Waals surface area contributed by atoms with E-state index in [2.05, 4.69) is 11.6 Å². The standard InChI is InChI=1S/C14H22N2O2S/c1-2-14(8-5-9-14)11-16-19(17,18)13-7-4-3-6-12(13)10-15/h3-4,6-7,16H,2,5,8-11,15H2,1H3. The first-order valence-corrected chi connectivity index (χ1v) is 8.29. The summed E-state index contributed by atoms with van der Waals surface area (Å²) in [6.45, 7) is 2.89. The van der Waals surface area contributed by atoms with Gasteiger partial charge in [-0.05, 0) is 36.3 Å². The number of hydrogen-bond acceptors (Lipinski definition) is 3. The Morgan fingerprint density at radius 3 is 2.53 bits per heavy atom. The van der Waals surface area contributed by atoms with Crippen molar-refractivity contribution >= 4 is 10.0 Å². The third-order valence-corrected chi connectivity index (χ3v) is 5.79. The predicted molar refractivity (Wildman–Crippen MR) is 76.1 cm³/mol. The molecule has 106 valence electrons. The fraction of sp³-hybridized carbons (Fsp3) is 0.571. The summed E-state index contributed by atoms with van der Waals surface area (Å²) in [6, 6.07) is 6.91. The van der Waals surface area contributed by atoms with Gasteiger partial charge in [-0.3, -0.25) is 0 Å². The largest absolute Gasteiger partial charge is 0.326 e. The van der Waals surface area contributed by atoms with Crippen molar-refractivity contribution in [3.8, 4) is 0 Å². The van der Waals surface area contributed by atoms with Gasteiger partial charge >= 0.3 is 0 Å². The van der Waals surface area contributed by atoms with Gasteiger partial charge in [0.15, 0.2) is 0 Å². The number of sulfonamides is 1. The van der Waals surface area contributed by atoms with Gasteiger partial charge in [-0.1, -0.05) is 31.5 Å². The molecule has 1 aromatic rings. The van der Waals surface area contributed by atoms with Crippen molar-refractivity contribution in [2.75, 3.05) is 6.54 Å². The Bertz CT molecular complexity index is 531. The maximum atomic E-state index is 12.3. The number of nitrogens with two attached hydrogens (primary N) is 1. The normalized spacial score (nSPS) is 18.0. The highest BCUT2D eigenvalue weighted by atomic mass is 32.2. The van der Waals surface area contributed by atoms with Crippen molar-refractivity contribution in [2.24, 2.45) is 11.1 Å². The zero-order valence-corrected chi connectivity index (χ0v) is 12.2. The van der Waals surface area contributed by atoms with E-state index in [1.165, 1.54) is 6.42 Å². The van der Waals surface area contributed by atoms with Crippen LogP contribution in [0.5, 0.6) is 0 Å². The number of benzene rings is 1. The van der Waals surface area contributed by atoms with Gasteiger partial charge in [0.1, 0.15) is 0 Å². The zero-order chi connectivity index (χ0) is 13.9. The fourth-order valence-corrected chi connectivity index (χ4v) is 4.00. The molecule has 0 aliphatic heterocycles. The van der Waals surface area contributed by atoms with Gasteiger partial charge in [-0.15, -0.1) is 0 Å². The molecule has 0 atom stereocenters. The molecule has 1 saturated carbocycles. The van der Waals surface area contributed by atoms with E-state index >= 15 is 0 Å². The Hall–Kier alpha value is -0.910. The van der Waals surface area contributed by atoms with Gasteiger partial charge in [0.05, 0.1) is 4.90 Å². The van der Waals surface area contributed by atoms with Gasteiger partial charge < -0.3 is 5.73 Å². The molecule has 4 nitrogen and oxygen atoms in total.